The smallest absolute Gasteiger partial charge is 0.159 e. The zero-order chi connectivity index (χ0) is 18.4. The van der Waals surface area contributed by atoms with Gasteiger partial charge in [0.25, 0.3) is 0 Å². The van der Waals surface area contributed by atoms with Crippen LogP contribution in [-0.4, -0.2) is 45.7 Å². The second-order valence-electron chi connectivity index (χ2n) is 7.77. The first kappa shape index (κ1) is 17.0. The van der Waals surface area contributed by atoms with E-state index in [0.717, 1.165) is 73.4 Å². The number of hydroxylamine groups is 1. The lowest BCUT2D eigenvalue weighted by Gasteiger charge is -2.39. The van der Waals surface area contributed by atoms with Gasteiger partial charge in [0.05, 0.1) is 23.0 Å². The number of hydrogen-bond donors (Lipinski definition) is 3. The van der Waals surface area contributed by atoms with Crippen LogP contribution in [0.4, 0.5) is 5.69 Å². The Hall–Kier alpha value is -2.16. The average Bonchev–Trinajstić information content (AvgIpc) is 3.27. The fraction of sp³-hybridized carbons (Fsp3) is 0.579. The fourth-order valence-corrected chi connectivity index (χ4v) is 4.30. The van der Waals surface area contributed by atoms with Crippen LogP contribution in [0.3, 0.4) is 0 Å². The molecule has 27 heavy (non-hydrogen) atoms. The lowest BCUT2D eigenvalue weighted by molar-refractivity contribution is -0.0908. The van der Waals surface area contributed by atoms with Crippen LogP contribution in [0, 0.1) is 0 Å². The van der Waals surface area contributed by atoms with Crippen LogP contribution >= 0.6 is 0 Å². The topological polar surface area (TPSA) is 99.2 Å². The van der Waals surface area contributed by atoms with E-state index in [9.17, 15) is 0 Å². The molecule has 5 rings (SSSR count). The molecule has 144 valence electrons. The van der Waals surface area contributed by atoms with Gasteiger partial charge in [0, 0.05) is 43.6 Å². The van der Waals surface area contributed by atoms with E-state index in [4.69, 9.17) is 20.3 Å². The molecule has 0 amide bonds. The zero-order valence-corrected chi connectivity index (χ0v) is 15.6. The number of rotatable bonds is 4. The zero-order valence-electron chi connectivity index (χ0n) is 15.6. The number of nitrogens with one attached hydrogen (secondary N) is 2. The average molecular weight is 370 g/mol. The molecule has 1 aliphatic carbocycles. The highest BCUT2D eigenvalue weighted by Crippen LogP contribution is 2.43. The Balaban J connectivity index is 1.55. The monoisotopic (exact) mass is 370 g/mol. The van der Waals surface area contributed by atoms with Crippen LogP contribution in [0.1, 0.15) is 38.2 Å². The molecule has 0 atom stereocenters. The molecule has 2 fully saturated rings. The highest BCUT2D eigenvalue weighted by atomic mass is 16.7. The van der Waals surface area contributed by atoms with Crippen LogP contribution in [0.15, 0.2) is 18.5 Å². The molecule has 8 heteroatoms. The Bertz CT molecular complexity index is 880. The molecule has 2 aromatic rings. The Morgan fingerprint density at radius 3 is 2.89 bits per heavy atom. The predicted molar refractivity (Wildman–Crippen MR) is 103 cm³/mol. The number of hydrogen-bond acceptors (Lipinski definition) is 7. The minimum atomic E-state index is -0.271. The largest absolute Gasteiger partial charge is 0.381 e. The summed E-state index contributed by atoms with van der Waals surface area (Å²) in [4.78, 5) is 10.6. The van der Waals surface area contributed by atoms with E-state index in [1.54, 1.807) is 0 Å². The van der Waals surface area contributed by atoms with Crippen molar-refractivity contribution in [2.45, 2.75) is 56.8 Å². The fourth-order valence-electron chi connectivity index (χ4n) is 4.30. The maximum Gasteiger partial charge on any atom is 0.159 e. The number of nitrogens with zero attached hydrogens (tertiary/aromatic N) is 3. The maximum absolute atomic E-state index is 5.98. The third-order valence-corrected chi connectivity index (χ3v) is 5.81. The summed E-state index contributed by atoms with van der Waals surface area (Å²) < 4.78 is 7.44. The van der Waals surface area contributed by atoms with Crippen molar-refractivity contribution >= 4 is 22.4 Å². The lowest BCUT2D eigenvalue weighted by atomic mass is 9.76. The Kier molecular flexibility index (Phi) is 4.07. The van der Waals surface area contributed by atoms with Gasteiger partial charge in [-0.05, 0) is 38.7 Å². The van der Waals surface area contributed by atoms with E-state index in [1.165, 1.54) is 0 Å². The minimum absolute atomic E-state index is 0.214. The molecular formula is C19H26N6O2. The normalized spacial score (nSPS) is 28.2. The standard InChI is InChI=1S/C19H26N6O2/c1-2-25-18-15(11-22-25)17(23-13-3-5-26-6-4-13)14(10-21-18)16-9-19(27-24-16)7-12(20)8-19/h9-13,24H,2-8,20H2,1H3,(H,21,23). The number of aromatic nitrogens is 3. The van der Waals surface area contributed by atoms with Crippen LogP contribution in [0.5, 0.6) is 0 Å². The molecule has 2 aromatic heterocycles. The molecule has 4 heterocycles. The van der Waals surface area contributed by atoms with Gasteiger partial charge in [-0.25, -0.2) is 9.67 Å². The molecule has 4 N–H and O–H groups in total. The first-order chi connectivity index (χ1) is 13.2. The van der Waals surface area contributed by atoms with Crippen molar-refractivity contribution in [2.75, 3.05) is 18.5 Å². The SMILES string of the molecule is CCn1ncc2c(NC3CCOCC3)c(C3=CC4(CC(N)C4)ON3)cnc21. The van der Waals surface area contributed by atoms with Gasteiger partial charge in [-0.2, -0.15) is 5.10 Å². The van der Waals surface area contributed by atoms with Crippen molar-refractivity contribution in [1.29, 1.82) is 0 Å². The lowest BCUT2D eigenvalue weighted by Crippen LogP contribution is -2.51. The Morgan fingerprint density at radius 1 is 1.33 bits per heavy atom. The molecule has 8 nitrogen and oxygen atoms in total. The summed E-state index contributed by atoms with van der Waals surface area (Å²) in [5.74, 6) is 0. The van der Waals surface area contributed by atoms with Gasteiger partial charge in [-0.15, -0.1) is 0 Å². The number of aryl methyl sites for hydroxylation is 1. The van der Waals surface area contributed by atoms with Crippen molar-refractivity contribution in [3.63, 3.8) is 0 Å². The third kappa shape index (κ3) is 2.88. The second kappa shape index (κ2) is 6.47. The number of pyridine rings is 1. The second-order valence-corrected chi connectivity index (χ2v) is 7.77. The summed E-state index contributed by atoms with van der Waals surface area (Å²) in [6.07, 6.45) is 9.66. The number of ether oxygens (including phenoxy) is 1. The van der Waals surface area contributed by atoms with Gasteiger partial charge >= 0.3 is 0 Å². The highest BCUT2D eigenvalue weighted by Gasteiger charge is 2.46. The van der Waals surface area contributed by atoms with Crippen LogP contribution < -0.4 is 16.5 Å². The molecule has 0 unspecified atom stereocenters. The maximum atomic E-state index is 5.98. The predicted octanol–water partition coefficient (Wildman–Crippen LogP) is 1.78. The van der Waals surface area contributed by atoms with Crippen LogP contribution in [0.2, 0.25) is 0 Å². The van der Waals surface area contributed by atoms with E-state index in [1.807, 2.05) is 17.1 Å². The van der Waals surface area contributed by atoms with Gasteiger partial charge in [-0.3, -0.25) is 10.3 Å². The first-order valence-electron chi connectivity index (χ1n) is 9.79. The Morgan fingerprint density at radius 2 is 2.15 bits per heavy atom. The van der Waals surface area contributed by atoms with E-state index in [-0.39, 0.29) is 11.6 Å². The molecule has 1 saturated carbocycles. The van der Waals surface area contributed by atoms with E-state index in [2.05, 4.69) is 28.9 Å². The summed E-state index contributed by atoms with van der Waals surface area (Å²) in [5, 5.41) is 9.28. The number of anilines is 1. The summed E-state index contributed by atoms with van der Waals surface area (Å²) in [7, 11) is 0. The van der Waals surface area contributed by atoms with E-state index < -0.39 is 0 Å². The molecule has 0 radical (unpaired) electrons. The third-order valence-electron chi connectivity index (χ3n) is 5.81. The summed E-state index contributed by atoms with van der Waals surface area (Å²) >= 11 is 0. The minimum Gasteiger partial charge on any atom is -0.381 e. The Labute approximate surface area is 158 Å². The quantitative estimate of drug-likeness (QED) is 0.754. The van der Waals surface area contributed by atoms with Gasteiger partial charge in [0.2, 0.25) is 0 Å². The van der Waals surface area contributed by atoms with Crippen molar-refractivity contribution in [2.24, 2.45) is 5.73 Å². The molecule has 2 aliphatic heterocycles. The number of fused-ring (bicyclic) bond motifs is 1. The highest BCUT2D eigenvalue weighted by molar-refractivity contribution is 5.95. The van der Waals surface area contributed by atoms with Crippen molar-refractivity contribution in [1.82, 2.24) is 20.2 Å². The van der Waals surface area contributed by atoms with E-state index >= 15 is 0 Å². The molecule has 1 spiro atoms. The van der Waals surface area contributed by atoms with Gasteiger partial charge in [-0.1, -0.05) is 0 Å². The van der Waals surface area contributed by atoms with Crippen LogP contribution in [-0.2, 0) is 16.1 Å². The van der Waals surface area contributed by atoms with Crippen LogP contribution in [0.25, 0.3) is 16.7 Å². The summed E-state index contributed by atoms with van der Waals surface area (Å²) in [6.45, 7) is 4.45. The summed E-state index contributed by atoms with van der Waals surface area (Å²) in [5.41, 5.74) is 12.8. The van der Waals surface area contributed by atoms with Gasteiger partial charge in [0.15, 0.2) is 5.65 Å². The van der Waals surface area contributed by atoms with Crippen molar-refractivity contribution in [3.05, 3.63) is 24.0 Å². The summed E-state index contributed by atoms with van der Waals surface area (Å²) in [6, 6.07) is 0.590. The molecule has 0 aromatic carbocycles. The van der Waals surface area contributed by atoms with Gasteiger partial charge < -0.3 is 15.8 Å². The van der Waals surface area contributed by atoms with Crippen molar-refractivity contribution in [3.8, 4) is 0 Å². The number of nitrogens with two attached hydrogens (primary N) is 1. The molecule has 0 bridgehead atoms. The first-order valence-corrected chi connectivity index (χ1v) is 9.79. The molecular weight excluding hydrogens is 344 g/mol. The molecule has 1 saturated heterocycles. The van der Waals surface area contributed by atoms with Crippen molar-refractivity contribution < 1.29 is 9.57 Å². The molecule has 3 aliphatic rings. The van der Waals surface area contributed by atoms with E-state index in [0.29, 0.717) is 6.04 Å². The van der Waals surface area contributed by atoms with Gasteiger partial charge in [0.1, 0.15) is 5.60 Å².